The predicted octanol–water partition coefficient (Wildman–Crippen LogP) is 2.96. The van der Waals surface area contributed by atoms with Gasteiger partial charge in [0.1, 0.15) is 11.5 Å². The van der Waals surface area contributed by atoms with Gasteiger partial charge in [-0.2, -0.15) is 0 Å². The van der Waals surface area contributed by atoms with Gasteiger partial charge in [0.15, 0.2) is 0 Å². The lowest BCUT2D eigenvalue weighted by Gasteiger charge is -2.23. The Labute approximate surface area is 104 Å². The molecule has 0 spiro atoms. The molecule has 0 aliphatic heterocycles. The Balaban J connectivity index is 2.47. The number of aryl methyl sites for hydroxylation is 1. The summed E-state index contributed by atoms with van der Waals surface area (Å²) in [5.41, 5.74) is 0. The van der Waals surface area contributed by atoms with Gasteiger partial charge >= 0.3 is 0 Å². The maximum Gasteiger partial charge on any atom is 0.118 e. The SMILES string of the molecule is CCCC(O)CN(CCC)Cc1ccc(C)o1. The summed E-state index contributed by atoms with van der Waals surface area (Å²) in [5.74, 6) is 1.94. The van der Waals surface area contributed by atoms with Crippen molar-refractivity contribution in [3.05, 3.63) is 23.7 Å². The number of aliphatic hydroxyl groups is 1. The van der Waals surface area contributed by atoms with E-state index in [0.29, 0.717) is 0 Å². The second-order valence-electron chi connectivity index (χ2n) is 4.69. The lowest BCUT2D eigenvalue weighted by atomic mass is 10.2. The van der Waals surface area contributed by atoms with Crippen LogP contribution in [0.5, 0.6) is 0 Å². The van der Waals surface area contributed by atoms with E-state index in [9.17, 15) is 5.11 Å². The first-order valence-corrected chi connectivity index (χ1v) is 6.61. The molecule has 1 N–H and O–H groups in total. The van der Waals surface area contributed by atoms with Gasteiger partial charge in [0.2, 0.25) is 0 Å². The highest BCUT2D eigenvalue weighted by atomic mass is 16.3. The third-order valence-corrected chi connectivity index (χ3v) is 2.81. The van der Waals surface area contributed by atoms with Crippen LogP contribution in [0.15, 0.2) is 16.5 Å². The fourth-order valence-corrected chi connectivity index (χ4v) is 2.06. The third-order valence-electron chi connectivity index (χ3n) is 2.81. The molecule has 0 aliphatic rings. The minimum absolute atomic E-state index is 0.220. The van der Waals surface area contributed by atoms with E-state index < -0.39 is 0 Å². The molecule has 1 atom stereocenters. The fourth-order valence-electron chi connectivity index (χ4n) is 2.06. The van der Waals surface area contributed by atoms with Crippen LogP contribution in [0.1, 0.15) is 44.6 Å². The van der Waals surface area contributed by atoms with Crippen LogP contribution in [0.4, 0.5) is 0 Å². The Hall–Kier alpha value is -0.800. The second-order valence-corrected chi connectivity index (χ2v) is 4.69. The van der Waals surface area contributed by atoms with E-state index in [-0.39, 0.29) is 6.10 Å². The molecule has 1 rings (SSSR count). The number of aliphatic hydroxyl groups excluding tert-OH is 1. The van der Waals surface area contributed by atoms with Gasteiger partial charge < -0.3 is 9.52 Å². The van der Waals surface area contributed by atoms with Gasteiger partial charge in [-0.1, -0.05) is 20.3 Å². The van der Waals surface area contributed by atoms with Gasteiger partial charge in [0.05, 0.1) is 12.6 Å². The van der Waals surface area contributed by atoms with E-state index in [4.69, 9.17) is 4.42 Å². The molecule has 0 radical (unpaired) electrons. The van der Waals surface area contributed by atoms with Gasteiger partial charge in [-0.15, -0.1) is 0 Å². The summed E-state index contributed by atoms with van der Waals surface area (Å²) in [5, 5.41) is 9.86. The summed E-state index contributed by atoms with van der Waals surface area (Å²) in [6, 6.07) is 4.01. The molecule has 98 valence electrons. The molecule has 1 aromatic rings. The minimum Gasteiger partial charge on any atom is -0.465 e. The minimum atomic E-state index is -0.220. The molecule has 0 bridgehead atoms. The van der Waals surface area contributed by atoms with Crippen molar-refractivity contribution in [2.75, 3.05) is 13.1 Å². The average molecular weight is 239 g/mol. The summed E-state index contributed by atoms with van der Waals surface area (Å²) in [6.45, 7) is 8.75. The molecule has 17 heavy (non-hydrogen) atoms. The Morgan fingerprint density at radius 3 is 2.59 bits per heavy atom. The lowest BCUT2D eigenvalue weighted by molar-refractivity contribution is 0.0970. The van der Waals surface area contributed by atoms with Gasteiger partial charge in [-0.05, 0) is 38.4 Å². The number of nitrogens with zero attached hydrogens (tertiary/aromatic N) is 1. The van der Waals surface area contributed by atoms with Gasteiger partial charge in [-0.3, -0.25) is 4.90 Å². The van der Waals surface area contributed by atoms with Crippen molar-refractivity contribution in [2.24, 2.45) is 0 Å². The van der Waals surface area contributed by atoms with Crippen molar-refractivity contribution >= 4 is 0 Å². The molecule has 3 nitrogen and oxygen atoms in total. The number of furan rings is 1. The summed E-state index contributed by atoms with van der Waals surface area (Å²) < 4.78 is 5.58. The average Bonchev–Trinajstić information content (AvgIpc) is 2.64. The van der Waals surface area contributed by atoms with Gasteiger partial charge in [0, 0.05) is 6.54 Å². The molecule has 0 aliphatic carbocycles. The molecule has 1 aromatic heterocycles. The third kappa shape index (κ3) is 5.37. The molecule has 0 aromatic carbocycles. The van der Waals surface area contributed by atoms with Gasteiger partial charge in [-0.25, -0.2) is 0 Å². The van der Waals surface area contributed by atoms with Crippen LogP contribution >= 0.6 is 0 Å². The fraction of sp³-hybridized carbons (Fsp3) is 0.714. The standard InChI is InChI=1S/C14H25NO2/c1-4-6-13(16)10-15(9-5-2)11-14-8-7-12(3)17-14/h7-8,13,16H,4-6,9-11H2,1-3H3. The molecule has 1 heterocycles. The van der Waals surface area contributed by atoms with Crippen LogP contribution in [-0.2, 0) is 6.54 Å². The molecule has 0 saturated carbocycles. The van der Waals surface area contributed by atoms with E-state index in [1.54, 1.807) is 0 Å². The zero-order valence-electron chi connectivity index (χ0n) is 11.3. The molecule has 0 fully saturated rings. The Morgan fingerprint density at radius 1 is 1.29 bits per heavy atom. The van der Waals surface area contributed by atoms with Crippen molar-refractivity contribution in [3.8, 4) is 0 Å². The van der Waals surface area contributed by atoms with Crippen molar-refractivity contribution in [1.29, 1.82) is 0 Å². The predicted molar refractivity (Wildman–Crippen MR) is 69.9 cm³/mol. The Bertz CT molecular complexity index is 309. The quantitative estimate of drug-likeness (QED) is 0.757. The van der Waals surface area contributed by atoms with Crippen LogP contribution in [-0.4, -0.2) is 29.2 Å². The first-order valence-electron chi connectivity index (χ1n) is 6.61. The Kier molecular flexibility index (Phi) is 6.30. The van der Waals surface area contributed by atoms with E-state index in [1.165, 1.54) is 0 Å². The first-order chi connectivity index (χ1) is 8.15. The summed E-state index contributed by atoms with van der Waals surface area (Å²) >= 11 is 0. The molecule has 1 unspecified atom stereocenters. The van der Waals surface area contributed by atoms with Crippen LogP contribution in [0, 0.1) is 6.92 Å². The monoisotopic (exact) mass is 239 g/mol. The van der Waals surface area contributed by atoms with E-state index in [2.05, 4.69) is 18.7 Å². The normalized spacial score (nSPS) is 13.2. The molecule has 0 saturated heterocycles. The number of hydrogen-bond acceptors (Lipinski definition) is 3. The highest BCUT2D eigenvalue weighted by molar-refractivity contribution is 5.05. The molecular formula is C14H25NO2. The van der Waals surface area contributed by atoms with Crippen LogP contribution in [0.3, 0.4) is 0 Å². The van der Waals surface area contributed by atoms with Crippen molar-refractivity contribution in [1.82, 2.24) is 4.90 Å². The maximum absolute atomic E-state index is 9.86. The highest BCUT2D eigenvalue weighted by Crippen LogP contribution is 2.11. The van der Waals surface area contributed by atoms with E-state index >= 15 is 0 Å². The van der Waals surface area contributed by atoms with Crippen LogP contribution < -0.4 is 0 Å². The van der Waals surface area contributed by atoms with Crippen molar-refractivity contribution < 1.29 is 9.52 Å². The van der Waals surface area contributed by atoms with Crippen LogP contribution in [0.2, 0.25) is 0 Å². The molecule has 0 amide bonds. The largest absolute Gasteiger partial charge is 0.465 e. The molecule has 3 heteroatoms. The Morgan fingerprint density at radius 2 is 2.06 bits per heavy atom. The highest BCUT2D eigenvalue weighted by Gasteiger charge is 2.12. The van der Waals surface area contributed by atoms with Crippen LogP contribution in [0.25, 0.3) is 0 Å². The van der Waals surface area contributed by atoms with Crippen molar-refractivity contribution in [2.45, 2.75) is 52.7 Å². The summed E-state index contributed by atoms with van der Waals surface area (Å²) in [4.78, 5) is 2.26. The summed E-state index contributed by atoms with van der Waals surface area (Å²) in [7, 11) is 0. The lowest BCUT2D eigenvalue weighted by Crippen LogP contribution is -2.32. The van der Waals surface area contributed by atoms with E-state index in [0.717, 1.165) is 50.4 Å². The van der Waals surface area contributed by atoms with Crippen molar-refractivity contribution in [3.63, 3.8) is 0 Å². The van der Waals surface area contributed by atoms with Gasteiger partial charge in [0.25, 0.3) is 0 Å². The summed E-state index contributed by atoms with van der Waals surface area (Å²) in [6.07, 6.45) is 2.78. The number of hydrogen-bond donors (Lipinski definition) is 1. The second kappa shape index (κ2) is 7.51. The smallest absolute Gasteiger partial charge is 0.118 e. The number of rotatable bonds is 8. The maximum atomic E-state index is 9.86. The zero-order valence-corrected chi connectivity index (χ0v) is 11.3. The molecular weight excluding hydrogens is 214 g/mol. The topological polar surface area (TPSA) is 36.6 Å². The zero-order chi connectivity index (χ0) is 12.7. The first kappa shape index (κ1) is 14.3. The van der Waals surface area contributed by atoms with E-state index in [1.807, 2.05) is 19.1 Å².